The third kappa shape index (κ3) is 7.18. The van der Waals surface area contributed by atoms with E-state index in [2.05, 4.69) is 32.8 Å². The standard InChI is InChI=1S/C23H38N6O2/c1-3-24-22(25-13-10-21(30)28-20-9-7-8-19(2)27-20)26-18-23(11-5-4-6-12-23)29-14-16-31-17-15-29/h7-9H,3-6,10-18H2,1-2H3,(H2,24,25,26)(H,27,28,30). The Morgan fingerprint density at radius 2 is 1.97 bits per heavy atom. The predicted molar refractivity (Wildman–Crippen MR) is 124 cm³/mol. The van der Waals surface area contributed by atoms with Crippen LogP contribution in [0.25, 0.3) is 0 Å². The molecule has 8 nitrogen and oxygen atoms in total. The molecule has 1 saturated heterocycles. The van der Waals surface area contributed by atoms with E-state index in [-0.39, 0.29) is 11.4 Å². The molecule has 31 heavy (non-hydrogen) atoms. The van der Waals surface area contributed by atoms with Crippen molar-refractivity contribution in [1.29, 1.82) is 0 Å². The Bertz CT molecular complexity index is 727. The second kappa shape index (κ2) is 12.0. The van der Waals surface area contributed by atoms with Gasteiger partial charge in [-0.3, -0.25) is 14.7 Å². The van der Waals surface area contributed by atoms with Gasteiger partial charge >= 0.3 is 0 Å². The first-order valence-corrected chi connectivity index (χ1v) is 11.7. The van der Waals surface area contributed by atoms with E-state index in [0.29, 0.717) is 18.8 Å². The summed E-state index contributed by atoms with van der Waals surface area (Å²) in [6, 6.07) is 5.60. The number of carbonyl (C=O) groups excluding carboxylic acids is 1. The number of nitrogens with one attached hydrogen (secondary N) is 3. The lowest BCUT2D eigenvalue weighted by molar-refractivity contribution is -0.116. The van der Waals surface area contributed by atoms with E-state index < -0.39 is 0 Å². The van der Waals surface area contributed by atoms with E-state index in [1.165, 1.54) is 32.1 Å². The van der Waals surface area contributed by atoms with Crippen LogP contribution in [0.4, 0.5) is 5.82 Å². The molecule has 172 valence electrons. The van der Waals surface area contributed by atoms with Crippen LogP contribution in [-0.4, -0.2) is 73.2 Å². The van der Waals surface area contributed by atoms with Crippen LogP contribution in [0.15, 0.2) is 23.2 Å². The van der Waals surface area contributed by atoms with Crippen molar-refractivity contribution < 1.29 is 9.53 Å². The van der Waals surface area contributed by atoms with Crippen LogP contribution in [0.3, 0.4) is 0 Å². The van der Waals surface area contributed by atoms with Crippen LogP contribution >= 0.6 is 0 Å². The second-order valence-corrected chi connectivity index (χ2v) is 8.47. The highest BCUT2D eigenvalue weighted by atomic mass is 16.5. The zero-order valence-electron chi connectivity index (χ0n) is 19.1. The van der Waals surface area contributed by atoms with E-state index in [9.17, 15) is 4.79 Å². The van der Waals surface area contributed by atoms with Gasteiger partial charge in [0.15, 0.2) is 5.96 Å². The van der Waals surface area contributed by atoms with Crippen molar-refractivity contribution in [1.82, 2.24) is 20.5 Å². The number of hydrogen-bond acceptors (Lipinski definition) is 5. The summed E-state index contributed by atoms with van der Waals surface area (Å²) >= 11 is 0. The van der Waals surface area contributed by atoms with Gasteiger partial charge in [-0.05, 0) is 38.8 Å². The number of pyridine rings is 1. The van der Waals surface area contributed by atoms with Crippen LogP contribution < -0.4 is 16.0 Å². The summed E-state index contributed by atoms with van der Waals surface area (Å²) in [6.07, 6.45) is 6.60. The molecule has 3 N–H and O–H groups in total. The van der Waals surface area contributed by atoms with Gasteiger partial charge < -0.3 is 20.7 Å². The lowest BCUT2D eigenvalue weighted by atomic mass is 9.80. The molecular weight excluding hydrogens is 392 g/mol. The molecule has 2 aliphatic rings. The lowest BCUT2D eigenvalue weighted by Crippen LogP contribution is -2.56. The molecule has 1 aromatic rings. The maximum Gasteiger partial charge on any atom is 0.227 e. The molecular formula is C23H38N6O2. The SMILES string of the molecule is CCNC(=NCC1(N2CCOCC2)CCCCC1)NCCC(=O)Nc1cccc(C)n1. The molecule has 1 aliphatic carbocycles. The normalized spacial score (nSPS) is 19.6. The van der Waals surface area contributed by atoms with Gasteiger partial charge in [-0.15, -0.1) is 0 Å². The summed E-state index contributed by atoms with van der Waals surface area (Å²) in [4.78, 5) is 24.1. The molecule has 0 bridgehead atoms. The number of nitrogens with zero attached hydrogens (tertiary/aromatic N) is 3. The molecule has 2 heterocycles. The molecule has 3 rings (SSSR count). The summed E-state index contributed by atoms with van der Waals surface area (Å²) in [7, 11) is 0. The number of ether oxygens (including phenoxy) is 1. The highest BCUT2D eigenvalue weighted by molar-refractivity contribution is 5.90. The van der Waals surface area contributed by atoms with Crippen LogP contribution in [0.2, 0.25) is 0 Å². The Kier molecular flexibility index (Phi) is 9.09. The number of aromatic nitrogens is 1. The van der Waals surface area contributed by atoms with E-state index in [4.69, 9.17) is 9.73 Å². The summed E-state index contributed by atoms with van der Waals surface area (Å²) in [5.74, 6) is 1.32. The number of morpholine rings is 1. The van der Waals surface area contributed by atoms with E-state index in [1.54, 1.807) is 6.07 Å². The molecule has 0 spiro atoms. The van der Waals surface area contributed by atoms with Crippen molar-refractivity contribution in [2.24, 2.45) is 4.99 Å². The van der Waals surface area contributed by atoms with Crippen LogP contribution in [0, 0.1) is 6.92 Å². The maximum absolute atomic E-state index is 12.3. The first kappa shape index (κ1) is 23.5. The number of amides is 1. The number of hydrogen-bond donors (Lipinski definition) is 3. The smallest absolute Gasteiger partial charge is 0.227 e. The number of anilines is 1. The van der Waals surface area contributed by atoms with E-state index in [1.807, 2.05) is 19.1 Å². The second-order valence-electron chi connectivity index (χ2n) is 8.47. The Hall–Kier alpha value is -2.19. The zero-order valence-corrected chi connectivity index (χ0v) is 19.1. The van der Waals surface area contributed by atoms with Gasteiger partial charge in [0.2, 0.25) is 5.91 Å². The highest BCUT2D eigenvalue weighted by Gasteiger charge is 2.38. The number of aryl methyl sites for hydroxylation is 1. The Morgan fingerprint density at radius 3 is 2.68 bits per heavy atom. The Morgan fingerprint density at radius 1 is 1.19 bits per heavy atom. The summed E-state index contributed by atoms with van der Waals surface area (Å²) < 4.78 is 5.58. The molecule has 1 saturated carbocycles. The van der Waals surface area contributed by atoms with Crippen molar-refractivity contribution in [2.75, 3.05) is 51.3 Å². The molecule has 0 radical (unpaired) electrons. The van der Waals surface area contributed by atoms with Gasteiger partial charge in [-0.2, -0.15) is 0 Å². The average Bonchev–Trinajstić information content (AvgIpc) is 2.79. The van der Waals surface area contributed by atoms with Gasteiger partial charge in [-0.25, -0.2) is 4.98 Å². The number of guanidine groups is 1. The summed E-state index contributed by atoms with van der Waals surface area (Å²) in [5.41, 5.74) is 1.02. The molecule has 0 aromatic carbocycles. The van der Waals surface area contributed by atoms with E-state index >= 15 is 0 Å². The molecule has 1 amide bonds. The minimum atomic E-state index is -0.0569. The summed E-state index contributed by atoms with van der Waals surface area (Å²) in [6.45, 7) is 9.67. The topological polar surface area (TPSA) is 90.9 Å². The van der Waals surface area contributed by atoms with Crippen molar-refractivity contribution >= 4 is 17.7 Å². The third-order valence-electron chi connectivity index (χ3n) is 6.14. The fourth-order valence-corrected chi connectivity index (χ4v) is 4.50. The first-order valence-electron chi connectivity index (χ1n) is 11.7. The lowest BCUT2D eigenvalue weighted by Gasteiger charge is -2.47. The van der Waals surface area contributed by atoms with Crippen molar-refractivity contribution in [2.45, 2.75) is 57.9 Å². The quantitative estimate of drug-likeness (QED) is 0.433. The predicted octanol–water partition coefficient (Wildman–Crippen LogP) is 2.31. The molecule has 1 aromatic heterocycles. The monoisotopic (exact) mass is 430 g/mol. The largest absolute Gasteiger partial charge is 0.379 e. The van der Waals surface area contributed by atoms with Gasteiger partial charge in [0.25, 0.3) is 0 Å². The van der Waals surface area contributed by atoms with Gasteiger partial charge in [-0.1, -0.05) is 25.3 Å². The van der Waals surface area contributed by atoms with E-state index in [0.717, 1.165) is 51.0 Å². The molecule has 2 fully saturated rings. The minimum absolute atomic E-state index is 0.0569. The maximum atomic E-state index is 12.3. The third-order valence-corrected chi connectivity index (χ3v) is 6.14. The van der Waals surface area contributed by atoms with Crippen LogP contribution in [0.1, 0.15) is 51.1 Å². The Labute approximate surface area is 186 Å². The van der Waals surface area contributed by atoms with Crippen molar-refractivity contribution in [3.63, 3.8) is 0 Å². The number of rotatable bonds is 8. The highest BCUT2D eigenvalue weighted by Crippen LogP contribution is 2.34. The Balaban J connectivity index is 1.53. The fraction of sp³-hybridized carbons (Fsp3) is 0.696. The van der Waals surface area contributed by atoms with Crippen molar-refractivity contribution in [3.05, 3.63) is 23.9 Å². The molecule has 0 unspecified atom stereocenters. The van der Waals surface area contributed by atoms with Crippen molar-refractivity contribution in [3.8, 4) is 0 Å². The minimum Gasteiger partial charge on any atom is -0.379 e. The molecule has 8 heteroatoms. The van der Waals surface area contributed by atoms with Gasteiger partial charge in [0.05, 0.1) is 19.8 Å². The molecule has 0 atom stereocenters. The van der Waals surface area contributed by atoms with Gasteiger partial charge in [0, 0.05) is 43.8 Å². The van der Waals surface area contributed by atoms with Crippen LogP contribution in [0.5, 0.6) is 0 Å². The first-order chi connectivity index (χ1) is 15.1. The summed E-state index contributed by atoms with van der Waals surface area (Å²) in [5, 5.41) is 9.50. The number of carbonyl (C=O) groups is 1. The average molecular weight is 431 g/mol. The zero-order chi connectivity index (χ0) is 21.9. The van der Waals surface area contributed by atoms with Crippen LogP contribution in [-0.2, 0) is 9.53 Å². The number of aliphatic imine (C=N–C) groups is 1. The fourth-order valence-electron chi connectivity index (χ4n) is 4.50. The van der Waals surface area contributed by atoms with Gasteiger partial charge in [0.1, 0.15) is 5.82 Å². The molecule has 1 aliphatic heterocycles.